The number of aromatic nitrogens is 2. The van der Waals surface area contributed by atoms with Crippen LogP contribution >= 0.6 is 0 Å². The zero-order valence-corrected chi connectivity index (χ0v) is 12.9. The third-order valence-electron chi connectivity index (χ3n) is 3.41. The minimum absolute atomic E-state index is 0.0784. The fraction of sp³-hybridized carbons (Fsp3) is 0.412. The van der Waals surface area contributed by atoms with Crippen LogP contribution in [0.15, 0.2) is 35.1 Å². The van der Waals surface area contributed by atoms with Crippen molar-refractivity contribution in [3.8, 4) is 0 Å². The molecule has 1 aromatic carbocycles. The van der Waals surface area contributed by atoms with Crippen LogP contribution in [-0.4, -0.2) is 22.6 Å². The second kappa shape index (κ2) is 7.18. The Kier molecular flexibility index (Phi) is 5.28. The summed E-state index contributed by atoms with van der Waals surface area (Å²) in [5.41, 5.74) is 3.40. The van der Waals surface area contributed by atoms with Gasteiger partial charge in [0.25, 0.3) is 5.56 Å². The smallest absolute Gasteiger partial charge is 0.251 e. The van der Waals surface area contributed by atoms with E-state index in [0.717, 1.165) is 25.1 Å². The number of hydrogen-bond acceptors (Lipinski definition) is 3. The normalized spacial score (nSPS) is 12.3. The third-order valence-corrected chi connectivity index (χ3v) is 3.41. The summed E-state index contributed by atoms with van der Waals surface area (Å²) in [5.74, 6) is 0.672. The zero-order valence-electron chi connectivity index (χ0n) is 12.9. The number of nitrogens with one attached hydrogen (secondary N) is 2. The Balaban J connectivity index is 1.81. The lowest BCUT2D eigenvalue weighted by Crippen LogP contribution is -2.30. The van der Waals surface area contributed by atoms with Crippen molar-refractivity contribution < 1.29 is 0 Å². The van der Waals surface area contributed by atoms with Gasteiger partial charge in [-0.05, 0) is 32.8 Å². The van der Waals surface area contributed by atoms with Gasteiger partial charge in [0.1, 0.15) is 5.82 Å². The number of benzene rings is 1. The number of aromatic amines is 1. The number of H-pyrrole nitrogens is 1. The van der Waals surface area contributed by atoms with Gasteiger partial charge in [0, 0.05) is 30.8 Å². The molecule has 0 fully saturated rings. The summed E-state index contributed by atoms with van der Waals surface area (Å²) in [4.78, 5) is 18.4. The van der Waals surface area contributed by atoms with Gasteiger partial charge in [0.05, 0.1) is 0 Å². The van der Waals surface area contributed by atoms with Crippen molar-refractivity contribution in [3.05, 3.63) is 63.3 Å². The van der Waals surface area contributed by atoms with Gasteiger partial charge in [-0.3, -0.25) is 4.79 Å². The summed E-state index contributed by atoms with van der Waals surface area (Å²) in [6.07, 6.45) is 1.77. The maximum absolute atomic E-state index is 11.4. The van der Waals surface area contributed by atoms with Crippen LogP contribution in [0.25, 0.3) is 0 Å². The molecule has 4 heteroatoms. The van der Waals surface area contributed by atoms with E-state index in [2.05, 4.69) is 53.4 Å². The third kappa shape index (κ3) is 5.16. The molecule has 21 heavy (non-hydrogen) atoms. The summed E-state index contributed by atoms with van der Waals surface area (Å²) in [6.45, 7) is 6.92. The fourth-order valence-corrected chi connectivity index (χ4v) is 2.48. The minimum atomic E-state index is -0.0784. The van der Waals surface area contributed by atoms with Crippen molar-refractivity contribution in [2.24, 2.45) is 0 Å². The Morgan fingerprint density at radius 3 is 2.81 bits per heavy atom. The van der Waals surface area contributed by atoms with E-state index in [-0.39, 0.29) is 5.56 Å². The summed E-state index contributed by atoms with van der Waals surface area (Å²) in [6, 6.07) is 10.6. The van der Waals surface area contributed by atoms with E-state index in [4.69, 9.17) is 0 Å². The lowest BCUT2D eigenvalue weighted by atomic mass is 10.0. The first-order chi connectivity index (χ1) is 10.0. The zero-order chi connectivity index (χ0) is 15.2. The Hall–Kier alpha value is -1.94. The molecule has 0 radical (unpaired) electrons. The second-order valence-electron chi connectivity index (χ2n) is 5.62. The van der Waals surface area contributed by atoms with Crippen molar-refractivity contribution in [1.82, 2.24) is 15.3 Å². The minimum Gasteiger partial charge on any atom is -0.314 e. The molecular formula is C17H23N3O. The number of aryl methyl sites for hydroxylation is 2. The molecule has 1 atom stereocenters. The van der Waals surface area contributed by atoms with Crippen LogP contribution in [0, 0.1) is 13.8 Å². The van der Waals surface area contributed by atoms with E-state index in [1.54, 1.807) is 13.0 Å². The lowest BCUT2D eigenvalue weighted by Gasteiger charge is -2.14. The van der Waals surface area contributed by atoms with E-state index >= 15 is 0 Å². The van der Waals surface area contributed by atoms with Gasteiger partial charge >= 0.3 is 0 Å². The van der Waals surface area contributed by atoms with Crippen LogP contribution in [0.5, 0.6) is 0 Å². The predicted molar refractivity (Wildman–Crippen MR) is 85.6 cm³/mol. The first kappa shape index (κ1) is 15.4. The lowest BCUT2D eigenvalue weighted by molar-refractivity contribution is 0.545. The first-order valence-electron chi connectivity index (χ1n) is 7.38. The molecule has 1 unspecified atom stereocenters. The molecule has 4 nitrogen and oxygen atoms in total. The van der Waals surface area contributed by atoms with Crippen LogP contribution < -0.4 is 10.9 Å². The molecule has 0 aliphatic carbocycles. The average Bonchev–Trinajstić information content (AvgIpc) is 2.37. The number of nitrogens with zero attached hydrogens (tertiary/aromatic N) is 1. The highest BCUT2D eigenvalue weighted by molar-refractivity contribution is 5.22. The van der Waals surface area contributed by atoms with Crippen LogP contribution in [0.3, 0.4) is 0 Å². The fourth-order valence-electron chi connectivity index (χ4n) is 2.48. The van der Waals surface area contributed by atoms with Gasteiger partial charge in [-0.15, -0.1) is 0 Å². The predicted octanol–water partition coefficient (Wildman–Crippen LogP) is 2.15. The van der Waals surface area contributed by atoms with Crippen molar-refractivity contribution in [2.75, 3.05) is 6.54 Å². The molecule has 1 heterocycles. The summed E-state index contributed by atoms with van der Waals surface area (Å²) in [7, 11) is 0. The second-order valence-corrected chi connectivity index (χ2v) is 5.62. The number of hydrogen-bond donors (Lipinski definition) is 2. The Bertz CT molecular complexity index is 648. The van der Waals surface area contributed by atoms with Gasteiger partial charge in [0.2, 0.25) is 0 Å². The van der Waals surface area contributed by atoms with E-state index in [1.165, 1.54) is 11.1 Å². The Morgan fingerprint density at radius 2 is 2.10 bits per heavy atom. The Labute approximate surface area is 125 Å². The molecule has 0 aliphatic rings. The molecule has 2 aromatic rings. The summed E-state index contributed by atoms with van der Waals surface area (Å²) < 4.78 is 0. The highest BCUT2D eigenvalue weighted by atomic mass is 16.1. The molecular weight excluding hydrogens is 262 g/mol. The molecule has 0 saturated carbocycles. The van der Waals surface area contributed by atoms with Crippen LogP contribution in [0.1, 0.15) is 29.6 Å². The monoisotopic (exact) mass is 285 g/mol. The molecule has 0 aliphatic heterocycles. The number of rotatable bonds is 6. The van der Waals surface area contributed by atoms with Crippen LogP contribution in [0.2, 0.25) is 0 Å². The maximum Gasteiger partial charge on any atom is 0.251 e. The molecule has 2 rings (SSSR count). The van der Waals surface area contributed by atoms with Gasteiger partial charge in [-0.25, -0.2) is 4.98 Å². The van der Waals surface area contributed by atoms with Gasteiger partial charge in [-0.2, -0.15) is 0 Å². The molecule has 112 valence electrons. The maximum atomic E-state index is 11.4. The first-order valence-corrected chi connectivity index (χ1v) is 7.38. The summed E-state index contributed by atoms with van der Waals surface area (Å²) in [5, 5.41) is 3.49. The molecule has 0 amide bonds. The summed E-state index contributed by atoms with van der Waals surface area (Å²) >= 11 is 0. The molecule has 1 aromatic heterocycles. The molecule has 2 N–H and O–H groups in total. The van der Waals surface area contributed by atoms with Gasteiger partial charge in [0.15, 0.2) is 0 Å². The average molecular weight is 285 g/mol. The van der Waals surface area contributed by atoms with Crippen LogP contribution in [-0.2, 0) is 12.8 Å². The van der Waals surface area contributed by atoms with Gasteiger partial charge in [-0.1, -0.05) is 29.8 Å². The topological polar surface area (TPSA) is 57.8 Å². The SMILES string of the molecule is Cc1cccc(CC(C)NCCc2cc(=O)[nH]c(C)n2)c1. The van der Waals surface area contributed by atoms with E-state index < -0.39 is 0 Å². The molecule has 0 saturated heterocycles. The quantitative estimate of drug-likeness (QED) is 0.855. The highest BCUT2D eigenvalue weighted by Gasteiger charge is 2.04. The van der Waals surface area contributed by atoms with E-state index in [0.29, 0.717) is 11.9 Å². The largest absolute Gasteiger partial charge is 0.314 e. The van der Waals surface area contributed by atoms with E-state index in [9.17, 15) is 4.79 Å². The van der Waals surface area contributed by atoms with Crippen LogP contribution in [0.4, 0.5) is 0 Å². The van der Waals surface area contributed by atoms with Crippen molar-refractivity contribution >= 4 is 0 Å². The Morgan fingerprint density at radius 1 is 1.29 bits per heavy atom. The highest BCUT2D eigenvalue weighted by Crippen LogP contribution is 2.06. The van der Waals surface area contributed by atoms with Gasteiger partial charge < -0.3 is 10.3 Å². The van der Waals surface area contributed by atoms with Crippen molar-refractivity contribution in [1.29, 1.82) is 0 Å². The van der Waals surface area contributed by atoms with Crippen molar-refractivity contribution in [3.63, 3.8) is 0 Å². The molecule has 0 bridgehead atoms. The van der Waals surface area contributed by atoms with Crippen molar-refractivity contribution in [2.45, 2.75) is 39.7 Å². The standard InChI is InChI=1S/C17H23N3O/c1-12-5-4-6-15(9-12)10-13(2)18-8-7-16-11-17(21)20-14(3)19-16/h4-6,9,11,13,18H,7-8,10H2,1-3H3,(H,19,20,21). The van der Waals surface area contributed by atoms with E-state index in [1.807, 2.05) is 0 Å². The molecule has 0 spiro atoms.